The number of aromatic nitrogens is 1. The SMILES string of the molecule is CCCCc1nc(C)c(C(=O)N2C[C@H](C(N)=O)CC[C@H]2C)s1. The average molecular weight is 323 g/mol. The van der Waals surface area contributed by atoms with Crippen molar-refractivity contribution in [2.75, 3.05) is 6.54 Å². The topological polar surface area (TPSA) is 76.3 Å². The number of carbonyl (C=O) groups is 2. The lowest BCUT2D eigenvalue weighted by atomic mass is 9.93. The van der Waals surface area contributed by atoms with Gasteiger partial charge in [0.05, 0.1) is 16.6 Å². The van der Waals surface area contributed by atoms with Gasteiger partial charge in [0.15, 0.2) is 0 Å². The number of carbonyl (C=O) groups excluding carboxylic acids is 2. The van der Waals surface area contributed by atoms with Crippen LogP contribution in [0, 0.1) is 12.8 Å². The zero-order chi connectivity index (χ0) is 16.3. The van der Waals surface area contributed by atoms with E-state index in [1.54, 1.807) is 4.90 Å². The molecule has 2 amide bonds. The molecule has 1 aromatic heterocycles. The van der Waals surface area contributed by atoms with E-state index >= 15 is 0 Å². The van der Waals surface area contributed by atoms with Crippen LogP contribution in [0.3, 0.4) is 0 Å². The molecule has 2 rings (SSSR count). The van der Waals surface area contributed by atoms with Crippen molar-refractivity contribution in [3.8, 4) is 0 Å². The molecule has 0 aliphatic carbocycles. The van der Waals surface area contributed by atoms with E-state index in [2.05, 4.69) is 11.9 Å². The number of hydrogen-bond donors (Lipinski definition) is 1. The predicted molar refractivity (Wildman–Crippen MR) is 87.9 cm³/mol. The molecule has 1 aliphatic heterocycles. The number of amides is 2. The fraction of sp³-hybridized carbons (Fsp3) is 0.688. The Bertz CT molecular complexity index is 556. The highest BCUT2D eigenvalue weighted by Crippen LogP contribution is 2.27. The molecule has 1 aromatic rings. The van der Waals surface area contributed by atoms with Gasteiger partial charge in [0, 0.05) is 12.6 Å². The number of hydrogen-bond acceptors (Lipinski definition) is 4. The van der Waals surface area contributed by atoms with Gasteiger partial charge in [-0.25, -0.2) is 4.98 Å². The molecular formula is C16H25N3O2S. The summed E-state index contributed by atoms with van der Waals surface area (Å²) in [6, 6.07) is 0.142. The van der Waals surface area contributed by atoms with Crippen LogP contribution in [-0.4, -0.2) is 34.3 Å². The van der Waals surface area contributed by atoms with Gasteiger partial charge in [-0.2, -0.15) is 0 Å². The Morgan fingerprint density at radius 2 is 2.14 bits per heavy atom. The highest BCUT2D eigenvalue weighted by molar-refractivity contribution is 7.13. The van der Waals surface area contributed by atoms with Crippen LogP contribution < -0.4 is 5.73 Å². The number of primary amides is 1. The zero-order valence-corrected chi connectivity index (χ0v) is 14.4. The van der Waals surface area contributed by atoms with Gasteiger partial charge in [0.1, 0.15) is 4.88 Å². The van der Waals surface area contributed by atoms with Crippen molar-refractivity contribution >= 4 is 23.2 Å². The van der Waals surface area contributed by atoms with E-state index in [1.165, 1.54) is 11.3 Å². The maximum atomic E-state index is 12.8. The highest BCUT2D eigenvalue weighted by Gasteiger charge is 2.33. The largest absolute Gasteiger partial charge is 0.369 e. The minimum Gasteiger partial charge on any atom is -0.369 e. The zero-order valence-electron chi connectivity index (χ0n) is 13.6. The van der Waals surface area contributed by atoms with Gasteiger partial charge in [0.2, 0.25) is 5.91 Å². The molecule has 0 bridgehead atoms. The Hall–Kier alpha value is -1.43. The van der Waals surface area contributed by atoms with Gasteiger partial charge in [-0.05, 0) is 39.5 Å². The van der Waals surface area contributed by atoms with Gasteiger partial charge < -0.3 is 10.6 Å². The summed E-state index contributed by atoms with van der Waals surface area (Å²) in [6.07, 6.45) is 4.72. The van der Waals surface area contributed by atoms with Crippen molar-refractivity contribution in [1.82, 2.24) is 9.88 Å². The van der Waals surface area contributed by atoms with Crippen LogP contribution in [0.2, 0.25) is 0 Å². The average Bonchev–Trinajstić information content (AvgIpc) is 2.85. The third kappa shape index (κ3) is 3.66. The van der Waals surface area contributed by atoms with Crippen LogP contribution in [0.1, 0.15) is 59.9 Å². The van der Waals surface area contributed by atoms with Crippen molar-refractivity contribution in [3.05, 3.63) is 15.6 Å². The van der Waals surface area contributed by atoms with E-state index in [0.29, 0.717) is 11.4 Å². The quantitative estimate of drug-likeness (QED) is 0.904. The molecule has 1 saturated heterocycles. The van der Waals surface area contributed by atoms with Gasteiger partial charge in [0.25, 0.3) is 5.91 Å². The van der Waals surface area contributed by atoms with Crippen LogP contribution in [-0.2, 0) is 11.2 Å². The van der Waals surface area contributed by atoms with Crippen LogP contribution in [0.5, 0.6) is 0 Å². The molecule has 1 aliphatic rings. The fourth-order valence-corrected chi connectivity index (χ4v) is 3.90. The minimum absolute atomic E-state index is 0.00352. The molecule has 6 heteroatoms. The predicted octanol–water partition coefficient (Wildman–Crippen LogP) is 2.52. The van der Waals surface area contributed by atoms with E-state index in [1.807, 2.05) is 13.8 Å². The molecule has 122 valence electrons. The fourth-order valence-electron chi connectivity index (χ4n) is 2.84. The second-order valence-corrected chi connectivity index (χ2v) is 7.19. The number of piperidine rings is 1. The number of thiazole rings is 1. The van der Waals surface area contributed by atoms with Crippen molar-refractivity contribution < 1.29 is 9.59 Å². The van der Waals surface area contributed by atoms with Crippen LogP contribution in [0.25, 0.3) is 0 Å². The van der Waals surface area contributed by atoms with Crippen molar-refractivity contribution in [2.45, 2.75) is 58.9 Å². The first-order chi connectivity index (χ1) is 10.4. The monoisotopic (exact) mass is 323 g/mol. The molecular weight excluding hydrogens is 298 g/mol. The Balaban J connectivity index is 2.15. The first kappa shape index (κ1) is 16.9. The molecule has 0 spiro atoms. The highest BCUT2D eigenvalue weighted by atomic mass is 32.1. The summed E-state index contributed by atoms with van der Waals surface area (Å²) in [5.41, 5.74) is 6.22. The molecule has 22 heavy (non-hydrogen) atoms. The lowest BCUT2D eigenvalue weighted by Crippen LogP contribution is -2.48. The number of nitrogens with two attached hydrogens (primary N) is 1. The number of rotatable bonds is 5. The molecule has 0 radical (unpaired) electrons. The van der Waals surface area contributed by atoms with E-state index in [9.17, 15) is 9.59 Å². The number of aryl methyl sites for hydroxylation is 2. The maximum absolute atomic E-state index is 12.8. The number of unbranched alkanes of at least 4 members (excludes halogenated alkanes) is 1. The summed E-state index contributed by atoms with van der Waals surface area (Å²) in [5.74, 6) is -0.543. The summed E-state index contributed by atoms with van der Waals surface area (Å²) in [7, 11) is 0. The summed E-state index contributed by atoms with van der Waals surface area (Å²) in [4.78, 5) is 31.3. The van der Waals surface area contributed by atoms with Crippen LogP contribution >= 0.6 is 11.3 Å². The summed E-state index contributed by atoms with van der Waals surface area (Å²) >= 11 is 1.49. The van der Waals surface area contributed by atoms with E-state index in [-0.39, 0.29) is 23.8 Å². The smallest absolute Gasteiger partial charge is 0.266 e. The summed E-state index contributed by atoms with van der Waals surface area (Å²) < 4.78 is 0. The Kier molecular flexibility index (Phi) is 5.56. The maximum Gasteiger partial charge on any atom is 0.266 e. The van der Waals surface area contributed by atoms with Crippen molar-refractivity contribution in [2.24, 2.45) is 11.7 Å². The second-order valence-electron chi connectivity index (χ2n) is 6.11. The second kappa shape index (κ2) is 7.22. The molecule has 0 saturated carbocycles. The number of nitrogens with zero attached hydrogens (tertiary/aromatic N) is 2. The summed E-state index contributed by atoms with van der Waals surface area (Å²) in [5, 5.41) is 1.03. The summed E-state index contributed by atoms with van der Waals surface area (Å²) in [6.45, 7) is 6.49. The van der Waals surface area contributed by atoms with E-state index < -0.39 is 0 Å². The Morgan fingerprint density at radius 1 is 1.41 bits per heavy atom. The van der Waals surface area contributed by atoms with Crippen molar-refractivity contribution in [3.63, 3.8) is 0 Å². The van der Waals surface area contributed by atoms with Crippen LogP contribution in [0.4, 0.5) is 0 Å². The lowest BCUT2D eigenvalue weighted by molar-refractivity contribution is -0.123. The van der Waals surface area contributed by atoms with Gasteiger partial charge in [-0.1, -0.05) is 13.3 Å². The standard InChI is InChI=1S/C16H25N3O2S/c1-4-5-6-13-18-11(3)14(22-13)16(21)19-9-12(15(17)20)8-7-10(19)2/h10,12H,4-9H2,1-3H3,(H2,17,20)/t10-,12-/m1/s1. The van der Waals surface area contributed by atoms with Gasteiger partial charge >= 0.3 is 0 Å². The molecule has 0 aromatic carbocycles. The third-order valence-electron chi connectivity index (χ3n) is 4.32. The number of likely N-dealkylation sites (tertiary alicyclic amines) is 1. The molecule has 0 unspecified atom stereocenters. The van der Waals surface area contributed by atoms with Gasteiger partial charge in [-0.15, -0.1) is 11.3 Å². The normalized spacial score (nSPS) is 21.9. The molecule has 5 nitrogen and oxygen atoms in total. The third-order valence-corrected chi connectivity index (χ3v) is 5.53. The van der Waals surface area contributed by atoms with Crippen LogP contribution in [0.15, 0.2) is 0 Å². The van der Waals surface area contributed by atoms with Gasteiger partial charge in [-0.3, -0.25) is 9.59 Å². The molecule has 2 N–H and O–H groups in total. The van der Waals surface area contributed by atoms with E-state index in [0.717, 1.165) is 42.8 Å². The Labute approximate surface area is 135 Å². The lowest BCUT2D eigenvalue weighted by Gasteiger charge is -2.36. The Morgan fingerprint density at radius 3 is 2.77 bits per heavy atom. The molecule has 1 fully saturated rings. The molecule has 2 heterocycles. The van der Waals surface area contributed by atoms with E-state index in [4.69, 9.17) is 5.73 Å². The van der Waals surface area contributed by atoms with Crippen molar-refractivity contribution in [1.29, 1.82) is 0 Å². The molecule has 2 atom stereocenters. The first-order valence-corrected chi connectivity index (χ1v) is 8.82. The minimum atomic E-state index is -0.311. The first-order valence-electron chi connectivity index (χ1n) is 8.00.